The number of carbonyl (C=O) groups is 1. The second-order valence-corrected chi connectivity index (χ2v) is 5.50. The standard InChI is InChI=1S/C16H11ClF5NO/c1-7(8-2-4-9(17)5-3-8)23-11(24)6-10-12(18)14(20)16(22)15(21)13(10)19/h2-5,7H,6H2,1H3,(H,23,24). The third kappa shape index (κ3) is 3.67. The van der Waals surface area contributed by atoms with Crippen molar-refractivity contribution in [3.8, 4) is 0 Å². The molecule has 0 spiro atoms. The molecular weight excluding hydrogens is 353 g/mol. The number of benzene rings is 2. The van der Waals surface area contributed by atoms with Crippen LogP contribution in [0.4, 0.5) is 22.0 Å². The Balaban J connectivity index is 2.17. The monoisotopic (exact) mass is 363 g/mol. The third-order valence-electron chi connectivity index (χ3n) is 3.39. The topological polar surface area (TPSA) is 29.1 Å². The maximum atomic E-state index is 13.6. The van der Waals surface area contributed by atoms with E-state index in [0.29, 0.717) is 10.6 Å². The van der Waals surface area contributed by atoms with Gasteiger partial charge >= 0.3 is 0 Å². The van der Waals surface area contributed by atoms with Crippen LogP contribution in [-0.2, 0) is 11.2 Å². The Hall–Kier alpha value is -2.15. The predicted octanol–water partition coefficient (Wildman–Crippen LogP) is 4.46. The number of nitrogens with one attached hydrogen (secondary N) is 1. The van der Waals surface area contributed by atoms with Crippen LogP contribution < -0.4 is 5.32 Å². The summed E-state index contributed by atoms with van der Waals surface area (Å²) in [5.41, 5.74) is -0.516. The van der Waals surface area contributed by atoms with Crippen LogP contribution in [0, 0.1) is 29.1 Å². The molecule has 2 aromatic rings. The van der Waals surface area contributed by atoms with E-state index in [2.05, 4.69) is 5.32 Å². The molecule has 2 rings (SSSR count). The number of amides is 1. The molecule has 2 aromatic carbocycles. The highest BCUT2D eigenvalue weighted by Gasteiger charge is 2.27. The maximum Gasteiger partial charge on any atom is 0.225 e. The summed E-state index contributed by atoms with van der Waals surface area (Å²) in [5, 5.41) is 2.90. The van der Waals surface area contributed by atoms with E-state index in [1.165, 1.54) is 0 Å². The maximum absolute atomic E-state index is 13.6. The normalized spacial score (nSPS) is 12.1. The molecule has 1 atom stereocenters. The SMILES string of the molecule is CC(NC(=O)Cc1c(F)c(F)c(F)c(F)c1F)c1ccc(Cl)cc1. The van der Waals surface area contributed by atoms with Crippen LogP contribution in [-0.4, -0.2) is 5.91 Å². The summed E-state index contributed by atoms with van der Waals surface area (Å²) in [6.45, 7) is 1.60. The first kappa shape index (κ1) is 18.2. The molecule has 2 nitrogen and oxygen atoms in total. The van der Waals surface area contributed by atoms with Gasteiger partial charge in [-0.1, -0.05) is 23.7 Å². The number of hydrogen-bond donors (Lipinski definition) is 1. The van der Waals surface area contributed by atoms with Crippen molar-refractivity contribution in [3.05, 3.63) is 69.5 Å². The van der Waals surface area contributed by atoms with Crippen LogP contribution in [0.15, 0.2) is 24.3 Å². The summed E-state index contributed by atoms with van der Waals surface area (Å²) >= 11 is 5.73. The number of halogens is 6. The largest absolute Gasteiger partial charge is 0.349 e. The van der Waals surface area contributed by atoms with E-state index in [1.807, 2.05) is 0 Å². The molecule has 8 heteroatoms. The molecule has 128 valence electrons. The Morgan fingerprint density at radius 1 is 0.958 bits per heavy atom. The minimum Gasteiger partial charge on any atom is -0.349 e. The Bertz CT molecular complexity index is 750. The molecule has 1 N–H and O–H groups in total. The molecule has 0 fully saturated rings. The number of hydrogen-bond acceptors (Lipinski definition) is 1. The molecule has 0 aliphatic heterocycles. The molecule has 0 saturated heterocycles. The molecule has 0 heterocycles. The van der Waals surface area contributed by atoms with Gasteiger partial charge in [-0.15, -0.1) is 0 Å². The van der Waals surface area contributed by atoms with Gasteiger partial charge in [-0.3, -0.25) is 4.79 Å². The van der Waals surface area contributed by atoms with Gasteiger partial charge in [0.1, 0.15) is 0 Å². The smallest absolute Gasteiger partial charge is 0.225 e. The van der Waals surface area contributed by atoms with Gasteiger partial charge < -0.3 is 5.32 Å². The minimum absolute atomic E-state index is 0.485. The highest BCUT2D eigenvalue weighted by atomic mass is 35.5. The Labute approximate surface area is 139 Å². The van der Waals surface area contributed by atoms with Crippen molar-refractivity contribution >= 4 is 17.5 Å². The van der Waals surface area contributed by atoms with Crippen molar-refractivity contribution in [1.29, 1.82) is 0 Å². The van der Waals surface area contributed by atoms with Gasteiger partial charge in [0.25, 0.3) is 0 Å². The third-order valence-corrected chi connectivity index (χ3v) is 3.64. The fourth-order valence-electron chi connectivity index (χ4n) is 2.09. The Kier molecular flexibility index (Phi) is 5.43. The average molecular weight is 364 g/mol. The van der Waals surface area contributed by atoms with Crippen LogP contribution >= 0.6 is 11.6 Å². The first-order valence-corrected chi connectivity index (χ1v) is 7.15. The Morgan fingerprint density at radius 2 is 1.42 bits per heavy atom. The van der Waals surface area contributed by atoms with Crippen LogP contribution in [0.1, 0.15) is 24.1 Å². The van der Waals surface area contributed by atoms with Crippen molar-refractivity contribution in [2.24, 2.45) is 0 Å². The highest BCUT2D eigenvalue weighted by molar-refractivity contribution is 6.30. The number of carbonyl (C=O) groups excluding carboxylic acids is 1. The van der Waals surface area contributed by atoms with Crippen molar-refractivity contribution in [2.75, 3.05) is 0 Å². The Morgan fingerprint density at radius 3 is 1.92 bits per heavy atom. The first-order chi connectivity index (χ1) is 11.2. The highest BCUT2D eigenvalue weighted by Crippen LogP contribution is 2.24. The molecule has 24 heavy (non-hydrogen) atoms. The second-order valence-electron chi connectivity index (χ2n) is 5.07. The lowest BCUT2D eigenvalue weighted by Gasteiger charge is -2.15. The van der Waals surface area contributed by atoms with E-state index in [-0.39, 0.29) is 0 Å². The van der Waals surface area contributed by atoms with Gasteiger partial charge in [0.05, 0.1) is 12.5 Å². The van der Waals surface area contributed by atoms with Crippen LogP contribution in [0.3, 0.4) is 0 Å². The van der Waals surface area contributed by atoms with Crippen molar-refractivity contribution < 1.29 is 26.7 Å². The molecular formula is C16H11ClF5NO. The van der Waals surface area contributed by atoms with Crippen LogP contribution in [0.2, 0.25) is 5.02 Å². The average Bonchev–Trinajstić information content (AvgIpc) is 2.55. The van der Waals surface area contributed by atoms with E-state index in [9.17, 15) is 26.7 Å². The van der Waals surface area contributed by atoms with Gasteiger partial charge in [0.15, 0.2) is 23.3 Å². The summed E-state index contributed by atoms with van der Waals surface area (Å²) in [4.78, 5) is 11.9. The van der Waals surface area contributed by atoms with Crippen LogP contribution in [0.25, 0.3) is 0 Å². The lowest BCUT2D eigenvalue weighted by molar-refractivity contribution is -0.121. The molecule has 0 aromatic heterocycles. The van der Waals surface area contributed by atoms with Crippen molar-refractivity contribution in [3.63, 3.8) is 0 Å². The minimum atomic E-state index is -2.26. The lowest BCUT2D eigenvalue weighted by Crippen LogP contribution is -2.29. The van der Waals surface area contributed by atoms with Gasteiger partial charge in [-0.2, -0.15) is 0 Å². The quantitative estimate of drug-likeness (QED) is 0.485. The molecule has 0 saturated carbocycles. The summed E-state index contributed by atoms with van der Waals surface area (Å²) < 4.78 is 66.3. The molecule has 1 unspecified atom stereocenters. The van der Waals surface area contributed by atoms with Crippen molar-refractivity contribution in [1.82, 2.24) is 5.32 Å². The summed E-state index contributed by atoms with van der Waals surface area (Å²) in [6.07, 6.45) is -0.982. The second kappa shape index (κ2) is 7.17. The molecule has 0 radical (unpaired) electrons. The fourth-order valence-corrected chi connectivity index (χ4v) is 2.22. The molecule has 0 aliphatic carbocycles. The molecule has 0 aliphatic rings. The van der Waals surface area contributed by atoms with E-state index in [1.54, 1.807) is 31.2 Å². The van der Waals surface area contributed by atoms with Crippen molar-refractivity contribution in [2.45, 2.75) is 19.4 Å². The van der Waals surface area contributed by atoms with Gasteiger partial charge in [-0.25, -0.2) is 22.0 Å². The van der Waals surface area contributed by atoms with E-state index >= 15 is 0 Å². The summed E-state index contributed by atoms with van der Waals surface area (Å²) in [6, 6.07) is 5.89. The van der Waals surface area contributed by atoms with Crippen LogP contribution in [0.5, 0.6) is 0 Å². The zero-order valence-corrected chi connectivity index (χ0v) is 13.0. The van der Waals surface area contributed by atoms with E-state index in [4.69, 9.17) is 11.6 Å². The predicted molar refractivity (Wildman–Crippen MR) is 77.9 cm³/mol. The number of rotatable bonds is 4. The van der Waals surface area contributed by atoms with Gasteiger partial charge in [-0.05, 0) is 24.6 Å². The zero-order valence-electron chi connectivity index (χ0n) is 12.3. The van der Waals surface area contributed by atoms with Gasteiger partial charge in [0, 0.05) is 10.6 Å². The van der Waals surface area contributed by atoms with E-state index in [0.717, 1.165) is 0 Å². The zero-order chi connectivity index (χ0) is 18.0. The first-order valence-electron chi connectivity index (χ1n) is 6.77. The summed E-state index contributed by atoms with van der Waals surface area (Å²) in [5.74, 6) is -11.3. The lowest BCUT2D eigenvalue weighted by atomic mass is 10.1. The van der Waals surface area contributed by atoms with E-state index < -0.39 is 53.0 Å². The van der Waals surface area contributed by atoms with Gasteiger partial charge in [0.2, 0.25) is 11.7 Å². The fraction of sp³-hybridized carbons (Fsp3) is 0.188. The molecule has 1 amide bonds. The summed E-state index contributed by atoms with van der Waals surface area (Å²) in [7, 11) is 0. The molecule has 0 bridgehead atoms.